The molecule has 1 aromatic rings. The molecule has 0 aliphatic heterocycles. The van der Waals surface area contributed by atoms with Crippen molar-refractivity contribution in [1.82, 2.24) is 5.32 Å². The maximum absolute atomic E-state index is 11.5. The van der Waals surface area contributed by atoms with Crippen LogP contribution in [0.15, 0.2) is 24.3 Å². The van der Waals surface area contributed by atoms with E-state index >= 15 is 0 Å². The van der Waals surface area contributed by atoms with E-state index < -0.39 is 11.5 Å². The second-order valence-corrected chi connectivity index (χ2v) is 5.81. The van der Waals surface area contributed by atoms with Gasteiger partial charge in [0.1, 0.15) is 11.3 Å². The molecule has 0 aromatic heterocycles. The van der Waals surface area contributed by atoms with Gasteiger partial charge in [-0.15, -0.1) is 0 Å². The number of methoxy groups -OCH3 is 1. The molecule has 0 amide bonds. The van der Waals surface area contributed by atoms with Gasteiger partial charge in [0, 0.05) is 31.4 Å². The van der Waals surface area contributed by atoms with Crippen molar-refractivity contribution in [2.45, 2.75) is 38.8 Å². The zero-order valence-electron chi connectivity index (χ0n) is 13.5. The number of hydrogen-bond donors (Lipinski definition) is 2. The summed E-state index contributed by atoms with van der Waals surface area (Å²) >= 11 is 0. The quantitative estimate of drug-likeness (QED) is 0.770. The van der Waals surface area contributed by atoms with Gasteiger partial charge in [-0.05, 0) is 39.3 Å². The van der Waals surface area contributed by atoms with Crippen molar-refractivity contribution in [3.8, 4) is 5.75 Å². The molecule has 5 nitrogen and oxygen atoms in total. The highest BCUT2D eigenvalue weighted by Crippen LogP contribution is 2.21. The first kappa shape index (κ1) is 17.3. The number of carbonyl (C=O) groups is 1. The van der Waals surface area contributed by atoms with Gasteiger partial charge in [-0.1, -0.05) is 6.07 Å². The molecule has 0 saturated heterocycles. The Morgan fingerprint density at radius 1 is 1.48 bits per heavy atom. The molecule has 2 N–H and O–H groups in total. The lowest BCUT2D eigenvalue weighted by molar-refractivity contribution is -0.144. The third-order valence-corrected chi connectivity index (χ3v) is 3.52. The largest absolute Gasteiger partial charge is 0.497 e. The number of aliphatic carboxylic acids is 1. The van der Waals surface area contributed by atoms with Gasteiger partial charge in [-0.3, -0.25) is 10.1 Å². The first-order valence-corrected chi connectivity index (χ1v) is 7.15. The third kappa shape index (κ3) is 4.93. The van der Waals surface area contributed by atoms with Gasteiger partial charge >= 0.3 is 5.97 Å². The molecule has 0 aliphatic carbocycles. The lowest BCUT2D eigenvalue weighted by Crippen LogP contribution is -2.53. The second-order valence-electron chi connectivity index (χ2n) is 5.81. The van der Waals surface area contributed by atoms with Crippen molar-refractivity contribution in [3.05, 3.63) is 24.3 Å². The van der Waals surface area contributed by atoms with Gasteiger partial charge in [0.2, 0.25) is 0 Å². The van der Waals surface area contributed by atoms with Crippen LogP contribution < -0.4 is 15.0 Å². The Morgan fingerprint density at radius 2 is 2.14 bits per heavy atom. The number of rotatable bonds is 8. The monoisotopic (exact) mass is 294 g/mol. The van der Waals surface area contributed by atoms with Crippen LogP contribution in [0.25, 0.3) is 0 Å². The summed E-state index contributed by atoms with van der Waals surface area (Å²) in [6, 6.07) is 7.85. The predicted octanol–water partition coefficient (Wildman–Crippen LogP) is 2.36. The van der Waals surface area contributed by atoms with Gasteiger partial charge < -0.3 is 14.7 Å². The Hall–Kier alpha value is -1.75. The molecule has 21 heavy (non-hydrogen) atoms. The lowest BCUT2D eigenvalue weighted by atomic mass is 9.96. The smallest absolute Gasteiger partial charge is 0.323 e. The van der Waals surface area contributed by atoms with Crippen LogP contribution >= 0.6 is 0 Å². The number of anilines is 1. The van der Waals surface area contributed by atoms with Crippen molar-refractivity contribution < 1.29 is 14.6 Å². The van der Waals surface area contributed by atoms with E-state index in [1.807, 2.05) is 50.1 Å². The fourth-order valence-electron chi connectivity index (χ4n) is 2.25. The molecular formula is C16H26N2O3. The summed E-state index contributed by atoms with van der Waals surface area (Å²) < 4.78 is 5.21. The molecule has 118 valence electrons. The number of benzene rings is 1. The Labute approximate surface area is 126 Å². The molecule has 0 aliphatic rings. The van der Waals surface area contributed by atoms with Gasteiger partial charge in [0.15, 0.2) is 0 Å². The van der Waals surface area contributed by atoms with E-state index in [-0.39, 0.29) is 6.04 Å². The predicted molar refractivity (Wildman–Crippen MR) is 85.2 cm³/mol. The highest BCUT2D eigenvalue weighted by atomic mass is 16.5. The average Bonchev–Trinajstić information content (AvgIpc) is 2.44. The molecule has 0 bridgehead atoms. The van der Waals surface area contributed by atoms with E-state index in [2.05, 4.69) is 5.32 Å². The number of nitrogens with zero attached hydrogens (tertiary/aromatic N) is 1. The minimum atomic E-state index is -0.929. The van der Waals surface area contributed by atoms with Crippen molar-refractivity contribution >= 4 is 11.7 Å². The summed E-state index contributed by atoms with van der Waals surface area (Å²) in [6.07, 6.45) is 0.508. The Kier molecular flexibility index (Phi) is 6.03. The number of hydrogen-bond acceptors (Lipinski definition) is 4. The summed E-state index contributed by atoms with van der Waals surface area (Å²) in [4.78, 5) is 13.5. The van der Waals surface area contributed by atoms with Gasteiger partial charge in [-0.2, -0.15) is 0 Å². The molecule has 1 atom stereocenters. The van der Waals surface area contributed by atoms with Crippen LogP contribution in [-0.2, 0) is 4.79 Å². The summed E-state index contributed by atoms with van der Waals surface area (Å²) in [5, 5.41) is 12.6. The number of carboxylic acids is 1. The number of ether oxygens (including phenoxy) is 1. The van der Waals surface area contributed by atoms with E-state index in [0.29, 0.717) is 13.0 Å². The molecule has 0 saturated carbocycles. The maximum Gasteiger partial charge on any atom is 0.323 e. The van der Waals surface area contributed by atoms with Crippen molar-refractivity contribution in [1.29, 1.82) is 0 Å². The lowest BCUT2D eigenvalue weighted by Gasteiger charge is -2.31. The normalized spacial score (nSPS) is 13.8. The van der Waals surface area contributed by atoms with E-state index in [1.165, 1.54) is 0 Å². The summed E-state index contributed by atoms with van der Waals surface area (Å²) in [7, 11) is 3.58. The van der Waals surface area contributed by atoms with Crippen LogP contribution in [0.2, 0.25) is 0 Å². The average molecular weight is 294 g/mol. The maximum atomic E-state index is 11.5. The van der Waals surface area contributed by atoms with Crippen molar-refractivity contribution in [2.75, 3.05) is 25.6 Å². The molecule has 1 rings (SSSR count). The molecule has 1 aromatic carbocycles. The second kappa shape index (κ2) is 7.31. The zero-order valence-corrected chi connectivity index (χ0v) is 13.5. The molecule has 0 fully saturated rings. The molecule has 1 unspecified atom stereocenters. The third-order valence-electron chi connectivity index (χ3n) is 3.52. The van der Waals surface area contributed by atoms with Crippen LogP contribution in [0.3, 0.4) is 0 Å². The minimum Gasteiger partial charge on any atom is -0.497 e. The van der Waals surface area contributed by atoms with Crippen LogP contribution in [-0.4, -0.2) is 43.4 Å². The Balaban J connectivity index is 2.73. The van der Waals surface area contributed by atoms with Gasteiger partial charge in [0.05, 0.1) is 7.11 Å². The van der Waals surface area contributed by atoms with E-state index in [4.69, 9.17) is 4.74 Å². The van der Waals surface area contributed by atoms with Crippen LogP contribution in [0.5, 0.6) is 5.75 Å². The van der Waals surface area contributed by atoms with Gasteiger partial charge in [-0.25, -0.2) is 0 Å². The minimum absolute atomic E-state index is 0.119. The van der Waals surface area contributed by atoms with E-state index in [1.54, 1.807) is 14.0 Å². The van der Waals surface area contributed by atoms with Crippen LogP contribution in [0, 0.1) is 0 Å². The highest BCUT2D eigenvalue weighted by molar-refractivity contribution is 5.78. The first-order valence-electron chi connectivity index (χ1n) is 7.15. The summed E-state index contributed by atoms with van der Waals surface area (Å²) in [6.45, 7) is 6.27. The zero-order chi connectivity index (χ0) is 16.0. The molecule has 0 heterocycles. The number of nitrogens with one attached hydrogen (secondary N) is 1. The molecule has 0 spiro atoms. The van der Waals surface area contributed by atoms with E-state index in [0.717, 1.165) is 11.4 Å². The Morgan fingerprint density at radius 3 is 2.67 bits per heavy atom. The Bertz CT molecular complexity index is 476. The van der Waals surface area contributed by atoms with Crippen molar-refractivity contribution in [3.63, 3.8) is 0 Å². The van der Waals surface area contributed by atoms with Crippen LogP contribution in [0.4, 0.5) is 5.69 Å². The van der Waals surface area contributed by atoms with E-state index in [9.17, 15) is 9.90 Å². The molecule has 0 radical (unpaired) electrons. The fraction of sp³-hybridized carbons (Fsp3) is 0.562. The molecular weight excluding hydrogens is 268 g/mol. The number of carboxylic acid groups (broad SMARTS) is 1. The fourth-order valence-corrected chi connectivity index (χ4v) is 2.25. The highest BCUT2D eigenvalue weighted by Gasteiger charge is 2.33. The first-order chi connectivity index (χ1) is 9.78. The standard InChI is InChI=1S/C16H26N2O3/c1-12(2)17-16(3,15(19)20)9-10-18(4)13-7-6-8-14(11-13)21-5/h6-8,11-12,17H,9-10H2,1-5H3,(H,19,20). The van der Waals surface area contributed by atoms with Crippen molar-refractivity contribution in [2.24, 2.45) is 0 Å². The SMILES string of the molecule is COc1cccc(N(C)CCC(C)(NC(C)C)C(=O)O)c1. The summed E-state index contributed by atoms with van der Waals surface area (Å²) in [5.74, 6) is -0.0316. The molecule has 5 heteroatoms. The summed E-state index contributed by atoms with van der Waals surface area (Å²) in [5.41, 5.74) is 0.0769. The topological polar surface area (TPSA) is 61.8 Å². The van der Waals surface area contributed by atoms with Crippen LogP contribution in [0.1, 0.15) is 27.2 Å². The van der Waals surface area contributed by atoms with Gasteiger partial charge in [0.25, 0.3) is 0 Å².